The monoisotopic (exact) mass is 350 g/mol. The zero-order valence-corrected chi connectivity index (χ0v) is 14.8. The molecule has 2 N–H and O–H groups in total. The second-order valence-electron chi connectivity index (χ2n) is 6.12. The number of aromatic nitrogens is 2. The number of rotatable bonds is 4. The Kier molecular flexibility index (Phi) is 4.93. The van der Waals surface area contributed by atoms with Crippen LogP contribution in [0, 0.1) is 26.6 Å². The lowest BCUT2D eigenvalue weighted by molar-refractivity contribution is 0.102. The minimum Gasteiger partial charge on any atom is -0.339 e. The van der Waals surface area contributed by atoms with Crippen LogP contribution in [-0.4, -0.2) is 15.9 Å². The summed E-state index contributed by atoms with van der Waals surface area (Å²) in [5.41, 5.74) is 4.57. The third-order valence-electron chi connectivity index (χ3n) is 3.94. The van der Waals surface area contributed by atoms with Gasteiger partial charge in [0.2, 0.25) is 0 Å². The molecule has 0 fully saturated rings. The van der Waals surface area contributed by atoms with E-state index in [0.29, 0.717) is 5.82 Å². The molecular weight excluding hydrogens is 331 g/mol. The van der Waals surface area contributed by atoms with Gasteiger partial charge in [0.25, 0.3) is 5.91 Å². The molecule has 0 aliphatic rings. The average Bonchev–Trinajstić information content (AvgIpc) is 2.60. The molecule has 1 aromatic heterocycles. The van der Waals surface area contributed by atoms with Crippen molar-refractivity contribution in [2.45, 2.75) is 20.8 Å². The van der Waals surface area contributed by atoms with Crippen molar-refractivity contribution in [1.29, 1.82) is 0 Å². The summed E-state index contributed by atoms with van der Waals surface area (Å²) >= 11 is 0. The number of halogens is 1. The van der Waals surface area contributed by atoms with E-state index < -0.39 is 11.7 Å². The largest absolute Gasteiger partial charge is 0.339 e. The molecule has 2 aromatic carbocycles. The van der Waals surface area contributed by atoms with Gasteiger partial charge in [-0.25, -0.2) is 14.4 Å². The summed E-state index contributed by atoms with van der Waals surface area (Å²) in [6.07, 6.45) is 2.84. The maximum atomic E-state index is 13.6. The Hall–Kier alpha value is -3.28. The number of nitrogens with zero attached hydrogens (tertiary/aromatic N) is 2. The SMILES string of the molecule is Cc1cc(C)c(Nc2cnc(C(=O)Nc3ccccc3F)cn2)c(C)c1. The molecule has 0 spiro atoms. The van der Waals surface area contributed by atoms with Gasteiger partial charge in [-0.2, -0.15) is 0 Å². The first kappa shape index (κ1) is 17.5. The lowest BCUT2D eigenvalue weighted by Crippen LogP contribution is -2.15. The van der Waals surface area contributed by atoms with Crippen LogP contribution in [0.2, 0.25) is 0 Å². The minimum absolute atomic E-state index is 0.104. The first-order valence-corrected chi connectivity index (χ1v) is 8.17. The number of carbonyl (C=O) groups is 1. The standard InChI is InChI=1S/C20H19FN4O/c1-12-8-13(2)19(14(3)9-12)25-18-11-22-17(10-23-18)20(26)24-16-7-5-4-6-15(16)21/h4-11H,1-3H3,(H,23,25)(H,24,26). The number of hydrogen-bond acceptors (Lipinski definition) is 4. The van der Waals surface area contributed by atoms with Crippen molar-refractivity contribution >= 4 is 23.1 Å². The molecule has 0 bridgehead atoms. The number of amides is 1. The van der Waals surface area contributed by atoms with Gasteiger partial charge in [-0.15, -0.1) is 0 Å². The van der Waals surface area contributed by atoms with Crippen molar-refractivity contribution in [2.75, 3.05) is 10.6 Å². The predicted octanol–water partition coefficient (Wildman–Crippen LogP) is 4.54. The first-order chi connectivity index (χ1) is 12.4. The van der Waals surface area contributed by atoms with Gasteiger partial charge in [0.15, 0.2) is 0 Å². The highest BCUT2D eigenvalue weighted by molar-refractivity contribution is 6.02. The summed E-state index contributed by atoms with van der Waals surface area (Å²) in [5, 5.41) is 5.71. The number of para-hydroxylation sites is 1. The number of nitrogens with one attached hydrogen (secondary N) is 2. The van der Waals surface area contributed by atoms with E-state index in [1.165, 1.54) is 30.1 Å². The van der Waals surface area contributed by atoms with Crippen molar-refractivity contribution in [3.8, 4) is 0 Å². The van der Waals surface area contributed by atoms with E-state index in [2.05, 4.69) is 32.7 Å². The summed E-state index contributed by atoms with van der Waals surface area (Å²) in [6, 6.07) is 10.1. The molecule has 0 radical (unpaired) electrons. The van der Waals surface area contributed by atoms with Crippen molar-refractivity contribution in [3.63, 3.8) is 0 Å². The van der Waals surface area contributed by atoms with Crippen molar-refractivity contribution in [1.82, 2.24) is 9.97 Å². The fourth-order valence-corrected chi connectivity index (χ4v) is 2.76. The van der Waals surface area contributed by atoms with Gasteiger partial charge in [-0.1, -0.05) is 29.8 Å². The van der Waals surface area contributed by atoms with E-state index in [-0.39, 0.29) is 11.4 Å². The normalized spacial score (nSPS) is 10.5. The van der Waals surface area contributed by atoms with Gasteiger partial charge < -0.3 is 10.6 Å². The molecule has 0 saturated carbocycles. The van der Waals surface area contributed by atoms with E-state index in [0.717, 1.165) is 16.8 Å². The lowest BCUT2D eigenvalue weighted by atomic mass is 10.1. The molecule has 0 aliphatic heterocycles. The average molecular weight is 350 g/mol. The molecule has 132 valence electrons. The number of benzene rings is 2. The Balaban J connectivity index is 1.75. The quantitative estimate of drug-likeness (QED) is 0.725. The van der Waals surface area contributed by atoms with Crippen LogP contribution in [0.5, 0.6) is 0 Å². The summed E-state index contributed by atoms with van der Waals surface area (Å²) in [6.45, 7) is 6.09. The second-order valence-corrected chi connectivity index (χ2v) is 6.12. The highest BCUT2D eigenvalue weighted by Gasteiger charge is 2.11. The zero-order valence-electron chi connectivity index (χ0n) is 14.8. The van der Waals surface area contributed by atoms with E-state index >= 15 is 0 Å². The van der Waals surface area contributed by atoms with Crippen molar-refractivity contribution < 1.29 is 9.18 Å². The van der Waals surface area contributed by atoms with Crippen molar-refractivity contribution in [3.05, 3.63) is 77.0 Å². The molecule has 26 heavy (non-hydrogen) atoms. The molecule has 3 aromatic rings. The fourth-order valence-electron chi connectivity index (χ4n) is 2.76. The molecule has 6 heteroatoms. The van der Waals surface area contributed by atoms with Gasteiger partial charge in [0, 0.05) is 5.69 Å². The third-order valence-corrected chi connectivity index (χ3v) is 3.94. The van der Waals surface area contributed by atoms with Crippen LogP contribution in [0.3, 0.4) is 0 Å². The highest BCUT2D eigenvalue weighted by atomic mass is 19.1. The van der Waals surface area contributed by atoms with Gasteiger partial charge in [0.05, 0.1) is 18.1 Å². The zero-order chi connectivity index (χ0) is 18.7. The molecule has 0 unspecified atom stereocenters. The Morgan fingerprint density at radius 2 is 1.69 bits per heavy atom. The van der Waals surface area contributed by atoms with Gasteiger partial charge >= 0.3 is 0 Å². The van der Waals surface area contributed by atoms with E-state index in [1.54, 1.807) is 12.1 Å². The van der Waals surface area contributed by atoms with Crippen LogP contribution in [0.15, 0.2) is 48.8 Å². The van der Waals surface area contributed by atoms with Crippen LogP contribution in [0.25, 0.3) is 0 Å². The summed E-state index contributed by atoms with van der Waals surface area (Å²) < 4.78 is 13.6. The smallest absolute Gasteiger partial charge is 0.275 e. The number of hydrogen-bond donors (Lipinski definition) is 2. The molecule has 5 nitrogen and oxygen atoms in total. The number of carbonyl (C=O) groups excluding carboxylic acids is 1. The molecule has 0 aliphatic carbocycles. The Morgan fingerprint density at radius 1 is 1.00 bits per heavy atom. The van der Waals surface area contributed by atoms with Crippen molar-refractivity contribution in [2.24, 2.45) is 0 Å². The third kappa shape index (κ3) is 3.85. The Bertz CT molecular complexity index is 931. The molecule has 3 rings (SSSR count). The fraction of sp³-hybridized carbons (Fsp3) is 0.150. The van der Waals surface area contributed by atoms with E-state index in [1.807, 2.05) is 20.8 Å². The topological polar surface area (TPSA) is 66.9 Å². The minimum atomic E-state index is -0.517. The van der Waals surface area contributed by atoms with Gasteiger partial charge in [0.1, 0.15) is 17.3 Å². The molecule has 1 heterocycles. The van der Waals surface area contributed by atoms with Crippen LogP contribution in [0.4, 0.5) is 21.6 Å². The number of anilines is 3. The summed E-state index contributed by atoms with van der Waals surface area (Å²) in [5.74, 6) is -0.489. The summed E-state index contributed by atoms with van der Waals surface area (Å²) in [7, 11) is 0. The maximum absolute atomic E-state index is 13.6. The number of aryl methyl sites for hydroxylation is 3. The lowest BCUT2D eigenvalue weighted by Gasteiger charge is -2.13. The van der Waals surface area contributed by atoms with Crippen LogP contribution >= 0.6 is 0 Å². The molecule has 0 saturated heterocycles. The van der Waals surface area contributed by atoms with E-state index in [9.17, 15) is 9.18 Å². The molecular formula is C20H19FN4O. The van der Waals surface area contributed by atoms with Gasteiger partial charge in [-0.05, 0) is 44.0 Å². The molecule has 0 atom stereocenters. The highest BCUT2D eigenvalue weighted by Crippen LogP contribution is 2.24. The van der Waals surface area contributed by atoms with Crippen LogP contribution in [0.1, 0.15) is 27.2 Å². The van der Waals surface area contributed by atoms with Crippen LogP contribution < -0.4 is 10.6 Å². The van der Waals surface area contributed by atoms with E-state index in [4.69, 9.17) is 0 Å². The first-order valence-electron chi connectivity index (χ1n) is 8.17. The Labute approximate surface area is 151 Å². The van der Waals surface area contributed by atoms with Gasteiger partial charge in [-0.3, -0.25) is 4.79 Å². The van der Waals surface area contributed by atoms with Crippen LogP contribution in [-0.2, 0) is 0 Å². The molecule has 1 amide bonds. The second kappa shape index (κ2) is 7.31. The Morgan fingerprint density at radius 3 is 2.31 bits per heavy atom. The predicted molar refractivity (Wildman–Crippen MR) is 100 cm³/mol. The summed E-state index contributed by atoms with van der Waals surface area (Å²) in [4.78, 5) is 20.5. The maximum Gasteiger partial charge on any atom is 0.275 e.